The molecule has 178 valence electrons. The van der Waals surface area contributed by atoms with Crippen LogP contribution in [0, 0.1) is 28.6 Å². The Bertz CT molecular complexity index is 1270. The molecule has 0 N–H and O–H groups in total. The summed E-state index contributed by atoms with van der Waals surface area (Å²) in [4.78, 5) is 25.7. The summed E-state index contributed by atoms with van der Waals surface area (Å²) in [5.41, 5.74) is 3.00. The SMILES string of the molecule is C[C@]12C=CC(=O)C=C1CC[C@@H]1[C@@H]2CC[C@]2(C)C(=O)C(=Cc3ccc(Oc4ccccc4)cc3)C[C@@H]12. The van der Waals surface area contributed by atoms with Gasteiger partial charge in [-0.15, -0.1) is 0 Å². The third-order valence-electron chi connectivity index (χ3n) is 9.40. The zero-order valence-electron chi connectivity index (χ0n) is 20.5. The second-order valence-corrected chi connectivity index (χ2v) is 11.2. The minimum atomic E-state index is -0.269. The van der Waals surface area contributed by atoms with Crippen LogP contribution in [-0.4, -0.2) is 11.6 Å². The molecule has 4 aliphatic rings. The fourth-order valence-corrected chi connectivity index (χ4v) is 7.45. The Morgan fingerprint density at radius 1 is 0.914 bits per heavy atom. The topological polar surface area (TPSA) is 43.4 Å². The number of rotatable bonds is 3. The third kappa shape index (κ3) is 3.64. The average molecular weight is 465 g/mol. The molecule has 0 unspecified atom stereocenters. The van der Waals surface area contributed by atoms with Crippen LogP contribution in [0.15, 0.2) is 84.0 Å². The Hall–Kier alpha value is -3.20. The fraction of sp³-hybridized carbons (Fsp3) is 0.375. The lowest BCUT2D eigenvalue weighted by Crippen LogP contribution is -2.49. The van der Waals surface area contributed by atoms with Crippen LogP contribution in [-0.2, 0) is 9.59 Å². The molecule has 0 bridgehead atoms. The van der Waals surface area contributed by atoms with Crippen molar-refractivity contribution >= 4 is 17.6 Å². The maximum absolute atomic E-state index is 13.7. The molecule has 0 aromatic heterocycles. The summed E-state index contributed by atoms with van der Waals surface area (Å²) < 4.78 is 5.92. The Kier molecular flexibility index (Phi) is 5.21. The molecule has 0 spiro atoms. The summed E-state index contributed by atoms with van der Waals surface area (Å²) in [7, 11) is 0. The molecule has 6 rings (SSSR count). The standard InChI is InChI=1S/C32H32O3/c1-31-16-14-24(33)20-23(31)10-13-27-28(31)15-17-32(2)29(27)19-22(30(32)34)18-21-8-11-26(12-9-21)35-25-6-4-3-5-7-25/h3-9,11-12,14,16,18,20,27-29H,10,13,15,17,19H2,1-2H3/t27-,28+,29+,31+,32+/m1/s1. The summed E-state index contributed by atoms with van der Waals surface area (Å²) in [6.45, 7) is 4.52. The lowest BCUT2D eigenvalue weighted by molar-refractivity contribution is -0.129. The predicted octanol–water partition coefficient (Wildman–Crippen LogP) is 7.35. The van der Waals surface area contributed by atoms with E-state index in [-0.39, 0.29) is 16.6 Å². The summed E-state index contributed by atoms with van der Waals surface area (Å²) in [5.74, 6) is 3.47. The zero-order valence-corrected chi connectivity index (χ0v) is 20.5. The molecule has 0 aliphatic heterocycles. The van der Waals surface area contributed by atoms with Gasteiger partial charge >= 0.3 is 0 Å². The summed E-state index contributed by atoms with van der Waals surface area (Å²) >= 11 is 0. The van der Waals surface area contributed by atoms with E-state index in [1.54, 1.807) is 6.08 Å². The van der Waals surface area contributed by atoms with Gasteiger partial charge in [-0.25, -0.2) is 0 Å². The van der Waals surface area contributed by atoms with E-state index in [9.17, 15) is 9.59 Å². The largest absolute Gasteiger partial charge is 0.457 e. The van der Waals surface area contributed by atoms with Gasteiger partial charge in [-0.2, -0.15) is 0 Å². The quantitative estimate of drug-likeness (QED) is 0.446. The van der Waals surface area contributed by atoms with Gasteiger partial charge in [0.25, 0.3) is 0 Å². The van der Waals surface area contributed by atoms with Gasteiger partial charge in [-0.3, -0.25) is 9.59 Å². The van der Waals surface area contributed by atoms with Crippen molar-refractivity contribution in [2.75, 3.05) is 0 Å². The molecule has 35 heavy (non-hydrogen) atoms. The molecule has 3 heteroatoms. The van der Waals surface area contributed by atoms with Crippen LogP contribution in [0.1, 0.15) is 51.5 Å². The molecule has 0 saturated heterocycles. The molecule has 0 radical (unpaired) electrons. The van der Waals surface area contributed by atoms with Crippen molar-refractivity contribution < 1.29 is 14.3 Å². The van der Waals surface area contributed by atoms with E-state index in [1.165, 1.54) is 5.57 Å². The van der Waals surface area contributed by atoms with Gasteiger partial charge in [0.05, 0.1) is 0 Å². The highest BCUT2D eigenvalue weighted by Gasteiger charge is 2.59. The van der Waals surface area contributed by atoms with Gasteiger partial charge in [0, 0.05) is 10.8 Å². The number of ether oxygens (including phenoxy) is 1. The molecule has 4 aliphatic carbocycles. The Morgan fingerprint density at radius 3 is 2.43 bits per heavy atom. The number of hydrogen-bond acceptors (Lipinski definition) is 3. The first-order valence-electron chi connectivity index (χ1n) is 12.9. The van der Waals surface area contributed by atoms with Crippen molar-refractivity contribution in [3.63, 3.8) is 0 Å². The van der Waals surface area contributed by atoms with Crippen LogP contribution in [0.25, 0.3) is 6.08 Å². The molecule has 3 fully saturated rings. The van der Waals surface area contributed by atoms with Crippen molar-refractivity contribution in [2.45, 2.75) is 46.0 Å². The highest BCUT2D eigenvalue weighted by molar-refractivity contribution is 6.06. The second-order valence-electron chi connectivity index (χ2n) is 11.2. The van der Waals surface area contributed by atoms with Gasteiger partial charge in [-0.05, 0) is 103 Å². The number of carbonyl (C=O) groups is 2. The van der Waals surface area contributed by atoms with Gasteiger partial charge in [0.15, 0.2) is 11.6 Å². The highest BCUT2D eigenvalue weighted by Crippen LogP contribution is 2.64. The maximum atomic E-state index is 13.7. The first kappa shape index (κ1) is 22.3. The van der Waals surface area contributed by atoms with E-state index >= 15 is 0 Å². The minimum absolute atomic E-state index is 0.0394. The fourth-order valence-electron chi connectivity index (χ4n) is 7.45. The Labute approximate surface area is 207 Å². The first-order valence-corrected chi connectivity index (χ1v) is 12.9. The summed E-state index contributed by atoms with van der Waals surface area (Å²) in [5, 5.41) is 0. The monoisotopic (exact) mass is 464 g/mol. The van der Waals surface area contributed by atoms with Crippen LogP contribution in [0.2, 0.25) is 0 Å². The number of para-hydroxylation sites is 1. The van der Waals surface area contributed by atoms with Crippen molar-refractivity contribution in [1.82, 2.24) is 0 Å². The molecule has 3 saturated carbocycles. The van der Waals surface area contributed by atoms with Gasteiger partial charge in [0.1, 0.15) is 11.5 Å². The summed E-state index contributed by atoms with van der Waals surface area (Å²) in [6.07, 6.45) is 12.8. The van der Waals surface area contributed by atoms with Crippen molar-refractivity contribution in [1.29, 1.82) is 0 Å². The number of allylic oxidation sites excluding steroid dienone is 5. The number of hydrogen-bond donors (Lipinski definition) is 0. The second kappa shape index (κ2) is 8.19. The van der Waals surface area contributed by atoms with Crippen LogP contribution >= 0.6 is 0 Å². The number of fused-ring (bicyclic) bond motifs is 5. The lowest BCUT2D eigenvalue weighted by Gasteiger charge is -2.55. The van der Waals surface area contributed by atoms with E-state index in [4.69, 9.17) is 4.74 Å². The van der Waals surface area contributed by atoms with Gasteiger partial charge in [-0.1, -0.05) is 55.8 Å². The van der Waals surface area contributed by atoms with E-state index in [0.29, 0.717) is 23.5 Å². The molecule has 2 aromatic carbocycles. The highest BCUT2D eigenvalue weighted by atomic mass is 16.5. The smallest absolute Gasteiger partial charge is 0.178 e. The van der Waals surface area contributed by atoms with Crippen molar-refractivity contribution in [3.8, 4) is 11.5 Å². The van der Waals surface area contributed by atoms with Gasteiger partial charge < -0.3 is 4.74 Å². The molecular weight excluding hydrogens is 432 g/mol. The normalized spacial score (nSPS) is 34.7. The van der Waals surface area contributed by atoms with Crippen molar-refractivity contribution in [3.05, 3.63) is 89.5 Å². The lowest BCUT2D eigenvalue weighted by atomic mass is 9.48. The molecule has 2 aromatic rings. The molecular formula is C32H32O3. The zero-order chi connectivity index (χ0) is 24.2. The van der Waals surface area contributed by atoms with Crippen LogP contribution in [0.4, 0.5) is 0 Å². The molecule has 5 atom stereocenters. The predicted molar refractivity (Wildman–Crippen MR) is 138 cm³/mol. The van der Waals surface area contributed by atoms with Crippen molar-refractivity contribution in [2.24, 2.45) is 28.6 Å². The number of ketones is 2. The van der Waals surface area contributed by atoms with E-state index in [1.807, 2.05) is 60.7 Å². The third-order valence-corrected chi connectivity index (χ3v) is 9.40. The van der Waals surface area contributed by atoms with E-state index in [0.717, 1.165) is 54.7 Å². The van der Waals surface area contributed by atoms with Gasteiger partial charge in [0.2, 0.25) is 0 Å². The number of Topliss-reactive ketones (excluding diaryl/α,β-unsaturated/α-hetero) is 1. The summed E-state index contributed by atoms with van der Waals surface area (Å²) in [6, 6.07) is 17.8. The van der Waals surface area contributed by atoms with E-state index < -0.39 is 0 Å². The number of carbonyl (C=O) groups excluding carboxylic acids is 2. The van der Waals surface area contributed by atoms with Crippen LogP contribution in [0.5, 0.6) is 11.5 Å². The molecule has 3 nitrogen and oxygen atoms in total. The van der Waals surface area contributed by atoms with E-state index in [2.05, 4.69) is 26.0 Å². The first-order chi connectivity index (χ1) is 16.9. The Balaban J connectivity index is 1.24. The van der Waals surface area contributed by atoms with Crippen LogP contribution < -0.4 is 4.74 Å². The Morgan fingerprint density at radius 2 is 1.66 bits per heavy atom. The molecule has 0 heterocycles. The average Bonchev–Trinajstić information content (AvgIpc) is 3.11. The van der Waals surface area contributed by atoms with Crippen LogP contribution in [0.3, 0.4) is 0 Å². The maximum Gasteiger partial charge on any atom is 0.178 e. The molecule has 0 amide bonds. The minimum Gasteiger partial charge on any atom is -0.457 e. The number of benzene rings is 2.